The minimum atomic E-state index is -0.516. The van der Waals surface area contributed by atoms with Crippen molar-refractivity contribution in [2.75, 3.05) is 6.54 Å². The molecule has 1 aromatic rings. The topological polar surface area (TPSA) is 67.2 Å². The Morgan fingerprint density at radius 3 is 2.63 bits per heavy atom. The smallest absolute Gasteiger partial charge is 0.241 e. The summed E-state index contributed by atoms with van der Waals surface area (Å²) in [6.45, 7) is 7.97. The van der Waals surface area contributed by atoms with Crippen molar-refractivity contribution in [2.45, 2.75) is 46.8 Å². The molecule has 0 spiro atoms. The lowest BCUT2D eigenvalue weighted by molar-refractivity contribution is -0.122. The highest BCUT2D eigenvalue weighted by Gasteiger charge is 2.15. The lowest BCUT2D eigenvalue weighted by Crippen LogP contribution is -2.37. The molecule has 1 aromatic heterocycles. The molecule has 2 atom stereocenters. The van der Waals surface area contributed by atoms with Gasteiger partial charge in [-0.15, -0.1) is 0 Å². The molecule has 1 rings (SSSR count). The Bertz CT molecular complexity index is 445. The number of amides is 1. The number of rotatable bonds is 6. The van der Waals surface area contributed by atoms with Gasteiger partial charge in [-0.2, -0.15) is 5.10 Å². The first-order chi connectivity index (χ1) is 8.86. The fraction of sp³-hybridized carbons (Fsp3) is 0.692. The van der Waals surface area contributed by atoms with Crippen molar-refractivity contribution in [1.82, 2.24) is 15.1 Å². The first kappa shape index (κ1) is 16.0. The summed E-state index contributed by atoms with van der Waals surface area (Å²) in [5.41, 5.74) is 1.49. The van der Waals surface area contributed by atoms with Crippen LogP contribution in [0.25, 0.3) is 0 Å². The van der Waals surface area contributed by atoms with Crippen molar-refractivity contribution in [1.29, 1.82) is 0 Å². The molecular weight excluding hydrogens is 266 g/mol. The average molecular weight is 288 g/mol. The molecule has 0 bridgehead atoms. The van der Waals surface area contributed by atoms with E-state index in [1.807, 2.05) is 20.8 Å². The molecule has 0 fully saturated rings. The zero-order valence-corrected chi connectivity index (χ0v) is 12.7. The Kier molecular flexibility index (Phi) is 5.82. The molecule has 5 nitrogen and oxygen atoms in total. The van der Waals surface area contributed by atoms with Crippen LogP contribution in [0.2, 0.25) is 5.02 Å². The summed E-state index contributed by atoms with van der Waals surface area (Å²) in [6, 6.07) is 0. The zero-order chi connectivity index (χ0) is 14.6. The van der Waals surface area contributed by atoms with Crippen LogP contribution < -0.4 is 5.32 Å². The second-order valence-corrected chi connectivity index (χ2v) is 5.28. The SMILES string of the molecule is CCC(C)C(O)CNC(=O)Cn1nc(C)c(Cl)c1C. The maximum atomic E-state index is 11.8. The molecular formula is C13H22ClN3O2. The van der Waals surface area contributed by atoms with Crippen molar-refractivity contribution in [3.8, 4) is 0 Å². The van der Waals surface area contributed by atoms with Gasteiger partial charge in [0, 0.05) is 6.54 Å². The molecule has 0 aliphatic rings. The van der Waals surface area contributed by atoms with Gasteiger partial charge >= 0.3 is 0 Å². The highest BCUT2D eigenvalue weighted by Crippen LogP contribution is 2.18. The minimum Gasteiger partial charge on any atom is -0.391 e. The summed E-state index contributed by atoms with van der Waals surface area (Å²) in [6.07, 6.45) is 0.363. The summed E-state index contributed by atoms with van der Waals surface area (Å²) < 4.78 is 1.57. The maximum Gasteiger partial charge on any atom is 0.241 e. The summed E-state index contributed by atoms with van der Waals surface area (Å²) in [4.78, 5) is 11.8. The summed E-state index contributed by atoms with van der Waals surface area (Å²) in [7, 11) is 0. The quantitative estimate of drug-likeness (QED) is 0.836. The Balaban J connectivity index is 2.50. The monoisotopic (exact) mass is 287 g/mol. The molecule has 1 heterocycles. The third-order valence-corrected chi connectivity index (χ3v) is 3.94. The summed E-state index contributed by atoms with van der Waals surface area (Å²) in [5, 5.41) is 17.3. The fourth-order valence-corrected chi connectivity index (χ4v) is 1.85. The average Bonchev–Trinajstić information content (AvgIpc) is 2.62. The van der Waals surface area contributed by atoms with Gasteiger partial charge < -0.3 is 10.4 Å². The van der Waals surface area contributed by atoms with E-state index in [4.69, 9.17) is 11.6 Å². The molecule has 2 unspecified atom stereocenters. The molecule has 108 valence electrons. The second kappa shape index (κ2) is 6.91. The van der Waals surface area contributed by atoms with Crippen LogP contribution in [-0.4, -0.2) is 33.4 Å². The standard InChI is InChI=1S/C13H22ClN3O2/c1-5-8(2)11(18)6-15-12(19)7-17-10(4)13(14)9(3)16-17/h8,11,18H,5-7H2,1-4H3,(H,15,19). The fourth-order valence-electron chi connectivity index (χ4n) is 1.71. The number of halogens is 1. The molecule has 0 saturated heterocycles. The molecule has 0 aliphatic heterocycles. The van der Waals surface area contributed by atoms with E-state index in [2.05, 4.69) is 10.4 Å². The third kappa shape index (κ3) is 4.21. The Morgan fingerprint density at radius 2 is 2.16 bits per heavy atom. The number of hydrogen-bond donors (Lipinski definition) is 2. The van der Waals surface area contributed by atoms with Gasteiger partial charge in [-0.3, -0.25) is 9.48 Å². The van der Waals surface area contributed by atoms with Crippen LogP contribution in [0.4, 0.5) is 0 Å². The van der Waals surface area contributed by atoms with Gasteiger partial charge in [0.05, 0.1) is 22.5 Å². The molecule has 0 aliphatic carbocycles. The van der Waals surface area contributed by atoms with Crippen molar-refractivity contribution in [3.05, 3.63) is 16.4 Å². The second-order valence-electron chi connectivity index (χ2n) is 4.90. The van der Waals surface area contributed by atoms with Gasteiger partial charge in [0.25, 0.3) is 0 Å². The van der Waals surface area contributed by atoms with Crippen LogP contribution >= 0.6 is 11.6 Å². The van der Waals surface area contributed by atoms with Crippen LogP contribution in [0.3, 0.4) is 0 Å². The van der Waals surface area contributed by atoms with Crippen LogP contribution in [0, 0.1) is 19.8 Å². The third-order valence-electron chi connectivity index (χ3n) is 3.40. The highest BCUT2D eigenvalue weighted by atomic mass is 35.5. The van der Waals surface area contributed by atoms with E-state index in [-0.39, 0.29) is 24.9 Å². The Morgan fingerprint density at radius 1 is 1.53 bits per heavy atom. The van der Waals surface area contributed by atoms with Crippen LogP contribution in [0.1, 0.15) is 31.7 Å². The highest BCUT2D eigenvalue weighted by molar-refractivity contribution is 6.31. The predicted octanol–water partition coefficient (Wildman–Crippen LogP) is 1.68. The number of nitrogens with zero attached hydrogens (tertiary/aromatic N) is 2. The molecule has 1 amide bonds. The van der Waals surface area contributed by atoms with Crippen molar-refractivity contribution < 1.29 is 9.90 Å². The number of hydrogen-bond acceptors (Lipinski definition) is 3. The molecule has 0 saturated carbocycles. The summed E-state index contributed by atoms with van der Waals surface area (Å²) >= 11 is 6.01. The van der Waals surface area contributed by atoms with E-state index in [1.165, 1.54) is 0 Å². The van der Waals surface area contributed by atoms with Gasteiger partial charge in [0.15, 0.2) is 0 Å². The number of aliphatic hydroxyl groups is 1. The van der Waals surface area contributed by atoms with Crippen molar-refractivity contribution in [2.24, 2.45) is 5.92 Å². The van der Waals surface area contributed by atoms with Crippen molar-refractivity contribution >= 4 is 17.5 Å². The normalized spacial score (nSPS) is 14.2. The number of aryl methyl sites for hydroxylation is 1. The number of nitrogens with one attached hydrogen (secondary N) is 1. The number of aliphatic hydroxyl groups excluding tert-OH is 1. The lowest BCUT2D eigenvalue weighted by Gasteiger charge is -2.17. The molecule has 6 heteroatoms. The van der Waals surface area contributed by atoms with Gasteiger partial charge in [-0.1, -0.05) is 31.9 Å². The first-order valence-electron chi connectivity index (χ1n) is 6.51. The van der Waals surface area contributed by atoms with Crippen molar-refractivity contribution in [3.63, 3.8) is 0 Å². The van der Waals surface area contributed by atoms with Gasteiger partial charge in [0.2, 0.25) is 5.91 Å². The first-order valence-corrected chi connectivity index (χ1v) is 6.88. The predicted molar refractivity (Wildman–Crippen MR) is 75.2 cm³/mol. The van der Waals surface area contributed by atoms with Crippen LogP contribution in [-0.2, 0) is 11.3 Å². The van der Waals surface area contributed by atoms with E-state index < -0.39 is 6.10 Å². The molecule has 0 aromatic carbocycles. The number of aromatic nitrogens is 2. The Hall–Kier alpha value is -1.07. The maximum absolute atomic E-state index is 11.8. The summed E-state index contributed by atoms with van der Waals surface area (Å²) in [5.74, 6) is -0.00644. The molecule has 0 radical (unpaired) electrons. The van der Waals surface area contributed by atoms with Crippen LogP contribution in [0.15, 0.2) is 0 Å². The van der Waals surface area contributed by atoms with Gasteiger partial charge in [-0.05, 0) is 19.8 Å². The molecule has 19 heavy (non-hydrogen) atoms. The zero-order valence-electron chi connectivity index (χ0n) is 11.9. The van der Waals surface area contributed by atoms with Gasteiger partial charge in [-0.25, -0.2) is 0 Å². The number of carbonyl (C=O) groups excluding carboxylic acids is 1. The van der Waals surface area contributed by atoms with E-state index in [9.17, 15) is 9.90 Å². The van der Waals surface area contributed by atoms with E-state index in [0.717, 1.165) is 12.1 Å². The van der Waals surface area contributed by atoms with E-state index >= 15 is 0 Å². The largest absolute Gasteiger partial charge is 0.391 e. The van der Waals surface area contributed by atoms with Gasteiger partial charge in [0.1, 0.15) is 6.54 Å². The Labute approximate surface area is 118 Å². The van der Waals surface area contributed by atoms with Crippen LogP contribution in [0.5, 0.6) is 0 Å². The minimum absolute atomic E-state index is 0.118. The van der Waals surface area contributed by atoms with E-state index in [0.29, 0.717) is 10.7 Å². The van der Waals surface area contributed by atoms with E-state index in [1.54, 1.807) is 11.6 Å². The molecule has 2 N–H and O–H groups in total. The number of carbonyl (C=O) groups is 1. The lowest BCUT2D eigenvalue weighted by atomic mass is 10.0.